The number of rotatable bonds is 1. The first-order chi connectivity index (χ1) is 6.77. The Hall–Kier alpha value is -0.730. The van der Waals surface area contributed by atoms with Crippen molar-refractivity contribution in [1.82, 2.24) is 5.32 Å². The van der Waals surface area contributed by atoms with Crippen LogP contribution in [0.3, 0.4) is 0 Å². The van der Waals surface area contributed by atoms with Gasteiger partial charge in [0.25, 0.3) is 0 Å². The third-order valence-electron chi connectivity index (χ3n) is 2.78. The zero-order valence-electron chi connectivity index (χ0n) is 7.96. The van der Waals surface area contributed by atoms with Gasteiger partial charge in [0.1, 0.15) is 5.75 Å². The van der Waals surface area contributed by atoms with E-state index in [0.717, 1.165) is 25.9 Å². The van der Waals surface area contributed by atoms with E-state index in [1.54, 1.807) is 6.07 Å². The van der Waals surface area contributed by atoms with E-state index in [9.17, 15) is 5.11 Å². The molecule has 0 atom stereocenters. The number of hydrogen-bond acceptors (Lipinski definition) is 2. The molecule has 2 nitrogen and oxygen atoms in total. The third kappa shape index (κ3) is 2.02. The minimum Gasteiger partial charge on any atom is -0.506 e. The number of aromatic hydroxyl groups is 1. The average Bonchev–Trinajstić information content (AvgIpc) is 2.23. The van der Waals surface area contributed by atoms with Crippen molar-refractivity contribution in [3.8, 4) is 5.75 Å². The quantitative estimate of drug-likeness (QED) is 0.748. The summed E-state index contributed by atoms with van der Waals surface area (Å²) in [5.41, 5.74) is 1.24. The van der Waals surface area contributed by atoms with Crippen molar-refractivity contribution < 1.29 is 5.11 Å². The fraction of sp³-hybridized carbons (Fsp3) is 0.455. The fourth-order valence-corrected chi connectivity index (χ4v) is 2.12. The Morgan fingerprint density at radius 2 is 2.00 bits per heavy atom. The second-order valence-electron chi connectivity index (χ2n) is 3.74. The zero-order chi connectivity index (χ0) is 9.97. The molecule has 76 valence electrons. The molecule has 1 aliphatic rings. The van der Waals surface area contributed by atoms with Crippen LogP contribution in [0.2, 0.25) is 5.02 Å². The van der Waals surface area contributed by atoms with Crippen molar-refractivity contribution in [1.29, 1.82) is 0 Å². The Morgan fingerprint density at radius 1 is 1.29 bits per heavy atom. The monoisotopic (exact) mass is 211 g/mol. The molecule has 2 rings (SSSR count). The van der Waals surface area contributed by atoms with Gasteiger partial charge in [0, 0.05) is 0 Å². The molecule has 1 fully saturated rings. The molecule has 0 radical (unpaired) electrons. The van der Waals surface area contributed by atoms with Crippen LogP contribution < -0.4 is 5.32 Å². The summed E-state index contributed by atoms with van der Waals surface area (Å²) in [5.74, 6) is 0.763. The van der Waals surface area contributed by atoms with Crippen molar-refractivity contribution in [3.05, 3.63) is 28.8 Å². The number of nitrogens with one attached hydrogen (secondary N) is 1. The van der Waals surface area contributed by atoms with E-state index in [2.05, 4.69) is 5.32 Å². The van der Waals surface area contributed by atoms with Gasteiger partial charge in [-0.05, 0) is 49.5 Å². The molecule has 0 spiro atoms. The molecule has 2 N–H and O–H groups in total. The lowest BCUT2D eigenvalue weighted by Gasteiger charge is -2.23. The summed E-state index contributed by atoms with van der Waals surface area (Å²) in [4.78, 5) is 0. The molecular formula is C11H14ClNO. The Morgan fingerprint density at radius 3 is 2.64 bits per heavy atom. The van der Waals surface area contributed by atoms with Crippen LogP contribution in [0.15, 0.2) is 18.2 Å². The van der Waals surface area contributed by atoms with Crippen molar-refractivity contribution in [2.75, 3.05) is 13.1 Å². The molecular weight excluding hydrogens is 198 g/mol. The molecule has 1 aromatic carbocycles. The standard InChI is InChI=1S/C11H14ClNO/c12-10-7-9(1-2-11(10)14)8-3-5-13-6-4-8/h1-2,7-8,13-14H,3-6H2. The summed E-state index contributed by atoms with van der Waals surface area (Å²) < 4.78 is 0. The summed E-state index contributed by atoms with van der Waals surface area (Å²) in [7, 11) is 0. The van der Waals surface area contributed by atoms with Crippen LogP contribution in [0, 0.1) is 0 Å². The van der Waals surface area contributed by atoms with Crippen LogP contribution in [-0.4, -0.2) is 18.2 Å². The highest BCUT2D eigenvalue weighted by molar-refractivity contribution is 6.32. The second kappa shape index (κ2) is 4.20. The van der Waals surface area contributed by atoms with Gasteiger partial charge in [0.2, 0.25) is 0 Å². The lowest BCUT2D eigenvalue weighted by molar-refractivity contribution is 0.457. The van der Waals surface area contributed by atoms with Crippen LogP contribution >= 0.6 is 11.6 Å². The number of piperidine rings is 1. The molecule has 14 heavy (non-hydrogen) atoms. The molecule has 0 amide bonds. The van der Waals surface area contributed by atoms with Crippen LogP contribution in [0.5, 0.6) is 5.75 Å². The molecule has 1 aromatic rings. The molecule has 0 unspecified atom stereocenters. The smallest absolute Gasteiger partial charge is 0.134 e. The topological polar surface area (TPSA) is 32.3 Å². The summed E-state index contributed by atoms with van der Waals surface area (Å²) in [6, 6.07) is 5.53. The van der Waals surface area contributed by atoms with E-state index in [-0.39, 0.29) is 5.75 Å². The number of phenolic OH excluding ortho intramolecular Hbond substituents is 1. The summed E-state index contributed by atoms with van der Waals surface area (Å²) in [6.07, 6.45) is 2.31. The first kappa shape index (κ1) is 9.81. The Balaban J connectivity index is 2.18. The molecule has 3 heteroatoms. The maximum Gasteiger partial charge on any atom is 0.134 e. The van der Waals surface area contributed by atoms with Crippen LogP contribution in [0.4, 0.5) is 0 Å². The van der Waals surface area contributed by atoms with Crippen LogP contribution in [0.25, 0.3) is 0 Å². The van der Waals surface area contributed by atoms with Crippen molar-refractivity contribution in [2.45, 2.75) is 18.8 Å². The summed E-state index contributed by atoms with van der Waals surface area (Å²) >= 11 is 5.87. The lowest BCUT2D eigenvalue weighted by Crippen LogP contribution is -2.26. The van der Waals surface area contributed by atoms with Crippen molar-refractivity contribution in [3.63, 3.8) is 0 Å². The average molecular weight is 212 g/mol. The van der Waals surface area contributed by atoms with Gasteiger partial charge in [-0.2, -0.15) is 0 Å². The van der Waals surface area contributed by atoms with Gasteiger partial charge in [-0.25, -0.2) is 0 Å². The van der Waals surface area contributed by atoms with Crippen molar-refractivity contribution in [2.24, 2.45) is 0 Å². The van der Waals surface area contributed by atoms with Crippen LogP contribution in [-0.2, 0) is 0 Å². The van der Waals surface area contributed by atoms with Gasteiger partial charge in [0.15, 0.2) is 0 Å². The minimum atomic E-state index is 0.171. The highest BCUT2D eigenvalue weighted by atomic mass is 35.5. The summed E-state index contributed by atoms with van der Waals surface area (Å²) in [5, 5.41) is 13.1. The molecule has 0 saturated carbocycles. The van der Waals surface area contributed by atoms with Gasteiger partial charge >= 0.3 is 0 Å². The maximum absolute atomic E-state index is 9.30. The predicted octanol–water partition coefficient (Wildman–Crippen LogP) is 2.51. The Labute approximate surface area is 88.9 Å². The highest BCUT2D eigenvalue weighted by Crippen LogP contribution is 2.31. The summed E-state index contributed by atoms with van der Waals surface area (Å²) in [6.45, 7) is 2.15. The number of benzene rings is 1. The normalized spacial score (nSPS) is 18.4. The van der Waals surface area contributed by atoms with E-state index >= 15 is 0 Å². The second-order valence-corrected chi connectivity index (χ2v) is 4.14. The van der Waals surface area contributed by atoms with Crippen LogP contribution in [0.1, 0.15) is 24.3 Å². The van der Waals surface area contributed by atoms with E-state index < -0.39 is 0 Å². The van der Waals surface area contributed by atoms with Gasteiger partial charge in [-0.1, -0.05) is 17.7 Å². The first-order valence-electron chi connectivity index (χ1n) is 4.96. The molecule has 0 aliphatic carbocycles. The number of halogens is 1. The Bertz CT molecular complexity index is 321. The predicted molar refractivity (Wildman–Crippen MR) is 58.0 cm³/mol. The van der Waals surface area contributed by atoms with Gasteiger partial charge in [0.05, 0.1) is 5.02 Å². The minimum absolute atomic E-state index is 0.171. The zero-order valence-corrected chi connectivity index (χ0v) is 8.72. The van der Waals surface area contributed by atoms with Gasteiger partial charge in [-0.15, -0.1) is 0 Å². The van der Waals surface area contributed by atoms with Crippen molar-refractivity contribution >= 4 is 11.6 Å². The number of phenols is 1. The van der Waals surface area contributed by atoms with Gasteiger partial charge < -0.3 is 10.4 Å². The lowest BCUT2D eigenvalue weighted by atomic mass is 9.90. The highest BCUT2D eigenvalue weighted by Gasteiger charge is 2.15. The maximum atomic E-state index is 9.30. The fourth-order valence-electron chi connectivity index (χ4n) is 1.93. The SMILES string of the molecule is Oc1ccc(C2CCNCC2)cc1Cl. The van der Waals surface area contributed by atoms with E-state index in [1.165, 1.54) is 5.56 Å². The molecule has 0 aromatic heterocycles. The first-order valence-corrected chi connectivity index (χ1v) is 5.34. The van der Waals surface area contributed by atoms with E-state index in [1.807, 2.05) is 12.1 Å². The van der Waals surface area contributed by atoms with E-state index in [4.69, 9.17) is 11.6 Å². The van der Waals surface area contributed by atoms with Gasteiger partial charge in [-0.3, -0.25) is 0 Å². The van der Waals surface area contributed by atoms with E-state index in [0.29, 0.717) is 10.9 Å². The molecule has 1 aliphatic heterocycles. The molecule has 0 bridgehead atoms. The largest absolute Gasteiger partial charge is 0.506 e. The number of hydrogen-bond donors (Lipinski definition) is 2. The Kier molecular flexibility index (Phi) is 2.94. The third-order valence-corrected chi connectivity index (χ3v) is 3.09. The molecule has 1 heterocycles. The molecule has 1 saturated heterocycles.